The first kappa shape index (κ1) is 21.0. The molecule has 1 N–H and O–H groups in total. The van der Waals surface area contributed by atoms with Crippen molar-refractivity contribution in [2.24, 2.45) is 5.41 Å². The van der Waals surface area contributed by atoms with Gasteiger partial charge in [0, 0.05) is 23.3 Å². The Bertz CT molecular complexity index is 696. The van der Waals surface area contributed by atoms with Crippen LogP contribution in [0.1, 0.15) is 15.9 Å². The molecule has 1 saturated heterocycles. The van der Waals surface area contributed by atoms with E-state index in [1.165, 1.54) is 4.90 Å². The number of amides is 1. The van der Waals surface area contributed by atoms with E-state index in [1.54, 1.807) is 0 Å². The topological polar surface area (TPSA) is 58.6 Å². The summed E-state index contributed by atoms with van der Waals surface area (Å²) in [5.41, 5.74) is -1.46. The number of fused-ring (bicyclic) bond motifs is 1. The summed E-state index contributed by atoms with van der Waals surface area (Å²) >= 11 is 7.09. The van der Waals surface area contributed by atoms with Crippen LogP contribution in [-0.4, -0.2) is 52.3 Å². The van der Waals surface area contributed by atoms with Gasteiger partial charge in [-0.25, -0.2) is 0 Å². The Labute approximate surface area is 158 Å². The third-order valence-corrected chi connectivity index (χ3v) is 5.86. The first-order valence-electron chi connectivity index (χ1n) is 7.63. The lowest BCUT2D eigenvalue weighted by molar-refractivity contribution is -0.137. The van der Waals surface area contributed by atoms with E-state index in [-0.39, 0.29) is 28.1 Å². The van der Waals surface area contributed by atoms with Gasteiger partial charge in [-0.3, -0.25) is 9.59 Å². The molecule has 0 radical (unpaired) electrons. The van der Waals surface area contributed by atoms with Gasteiger partial charge in [-0.1, -0.05) is 11.6 Å². The highest BCUT2D eigenvalue weighted by molar-refractivity contribution is 7.99. The molecule has 0 aliphatic carbocycles. The maximum atomic E-state index is 13.1. The summed E-state index contributed by atoms with van der Waals surface area (Å²) in [6, 6.07) is 0.695. The molecule has 144 valence electrons. The second-order valence-corrected chi connectivity index (χ2v) is 7.50. The van der Waals surface area contributed by atoms with Gasteiger partial charge in [-0.05, 0) is 20.2 Å². The van der Waals surface area contributed by atoms with Crippen molar-refractivity contribution in [3.63, 3.8) is 0 Å². The van der Waals surface area contributed by atoms with E-state index in [1.807, 2.05) is 14.1 Å². The van der Waals surface area contributed by atoms with Crippen LogP contribution in [0.2, 0.25) is 5.02 Å². The van der Waals surface area contributed by atoms with E-state index >= 15 is 0 Å². The molecule has 2 aliphatic heterocycles. The molecule has 1 aromatic carbocycles. The Hall–Kier alpha value is -1.29. The third kappa shape index (κ3) is 4.00. The largest absolute Gasteiger partial charge is 0.417 e. The minimum Gasteiger partial charge on any atom is -0.380 e. The van der Waals surface area contributed by atoms with E-state index in [0.29, 0.717) is 37.7 Å². The molecular formula is C16H18ClF3N2O3S. The van der Waals surface area contributed by atoms with Crippen LogP contribution in [0, 0.1) is 5.41 Å². The number of rotatable bonds is 2. The van der Waals surface area contributed by atoms with Gasteiger partial charge in [0.25, 0.3) is 0 Å². The maximum absolute atomic E-state index is 13.1. The Balaban J connectivity index is 0.000000758. The number of halogens is 4. The van der Waals surface area contributed by atoms with Crippen molar-refractivity contribution in [1.29, 1.82) is 0 Å². The predicted octanol–water partition coefficient (Wildman–Crippen LogP) is 3.09. The smallest absolute Gasteiger partial charge is 0.380 e. The van der Waals surface area contributed by atoms with Crippen molar-refractivity contribution >= 4 is 41.7 Å². The van der Waals surface area contributed by atoms with Crippen molar-refractivity contribution in [2.45, 2.75) is 11.1 Å². The first-order chi connectivity index (χ1) is 12.2. The van der Waals surface area contributed by atoms with Gasteiger partial charge in [0.15, 0.2) is 6.29 Å². The fraction of sp³-hybridized carbons (Fsp3) is 0.500. The second kappa shape index (κ2) is 8.16. The SMILES string of the molecule is CNC.O=Cc1cc(C(F)(F)F)c(Cl)c2c1N(C=O)CC1(COC1)CS2. The van der Waals surface area contributed by atoms with Gasteiger partial charge >= 0.3 is 6.18 Å². The van der Waals surface area contributed by atoms with Gasteiger partial charge in [-0.15, -0.1) is 11.8 Å². The highest BCUT2D eigenvalue weighted by atomic mass is 35.5. The molecule has 1 amide bonds. The normalized spacial score (nSPS) is 18.2. The number of anilines is 1. The van der Waals surface area contributed by atoms with Crippen molar-refractivity contribution < 1.29 is 27.5 Å². The predicted molar refractivity (Wildman–Crippen MR) is 94.2 cm³/mol. The highest BCUT2D eigenvalue weighted by Crippen LogP contribution is 2.50. The van der Waals surface area contributed by atoms with Crippen molar-refractivity contribution in [3.8, 4) is 0 Å². The standard InChI is InChI=1S/C14H11ClF3NO3S.C2H7N/c15-10-9(14(16,17)18)1-8(2-20)11-12(10)23-6-13(4-22-5-13)3-19(11)7-21;1-3-2/h1-2,7H,3-6H2;3H,1-2H3. The van der Waals surface area contributed by atoms with Crippen LogP contribution in [0.3, 0.4) is 0 Å². The number of aldehydes is 1. The van der Waals surface area contributed by atoms with Crippen LogP contribution in [0.4, 0.5) is 18.9 Å². The molecule has 10 heteroatoms. The molecule has 26 heavy (non-hydrogen) atoms. The van der Waals surface area contributed by atoms with E-state index in [4.69, 9.17) is 16.3 Å². The van der Waals surface area contributed by atoms with Gasteiger partial charge in [0.2, 0.25) is 6.41 Å². The number of hydrogen-bond acceptors (Lipinski definition) is 5. The lowest BCUT2D eigenvalue weighted by atomic mass is 9.87. The number of thioether (sulfide) groups is 1. The number of nitrogens with zero attached hydrogens (tertiary/aromatic N) is 1. The van der Waals surface area contributed by atoms with Gasteiger partial charge < -0.3 is 15.0 Å². The third-order valence-electron chi connectivity index (χ3n) is 3.92. The minimum atomic E-state index is -4.68. The van der Waals surface area contributed by atoms with Crippen LogP contribution < -0.4 is 10.2 Å². The van der Waals surface area contributed by atoms with Gasteiger partial charge in [0.05, 0.1) is 34.4 Å². The maximum Gasteiger partial charge on any atom is 0.417 e. The highest BCUT2D eigenvalue weighted by Gasteiger charge is 2.45. The zero-order valence-electron chi connectivity index (χ0n) is 14.2. The van der Waals surface area contributed by atoms with Crippen LogP contribution in [0.15, 0.2) is 11.0 Å². The van der Waals surface area contributed by atoms with Crippen LogP contribution in [0.5, 0.6) is 0 Å². The van der Waals surface area contributed by atoms with Crippen molar-refractivity contribution in [3.05, 3.63) is 22.2 Å². The first-order valence-corrected chi connectivity index (χ1v) is 8.99. The summed E-state index contributed by atoms with van der Waals surface area (Å²) in [7, 11) is 3.75. The van der Waals surface area contributed by atoms with Gasteiger partial charge in [-0.2, -0.15) is 13.2 Å². The number of hydrogen-bond donors (Lipinski definition) is 1. The number of nitrogens with one attached hydrogen (secondary N) is 1. The van der Waals surface area contributed by atoms with E-state index in [2.05, 4.69) is 5.32 Å². The molecule has 0 bridgehead atoms. The molecule has 3 rings (SSSR count). The summed E-state index contributed by atoms with van der Waals surface area (Å²) in [5, 5.41) is 2.27. The summed E-state index contributed by atoms with van der Waals surface area (Å²) in [6.45, 7) is 1.11. The minimum absolute atomic E-state index is 0.111. The fourth-order valence-electron chi connectivity index (χ4n) is 2.74. The quantitative estimate of drug-likeness (QED) is 0.759. The van der Waals surface area contributed by atoms with Crippen molar-refractivity contribution in [1.82, 2.24) is 5.32 Å². The number of alkyl halides is 3. The lowest BCUT2D eigenvalue weighted by Crippen LogP contribution is -2.51. The van der Waals surface area contributed by atoms with Crippen molar-refractivity contribution in [2.75, 3.05) is 44.5 Å². The molecule has 5 nitrogen and oxygen atoms in total. The molecule has 0 aromatic heterocycles. The molecule has 2 heterocycles. The molecule has 2 aliphatic rings. The summed E-state index contributed by atoms with van der Waals surface area (Å²) in [5.74, 6) is 0.462. The molecule has 1 aromatic rings. The molecule has 0 saturated carbocycles. The molecule has 0 unspecified atom stereocenters. The van der Waals surface area contributed by atoms with Crippen LogP contribution in [0.25, 0.3) is 0 Å². The number of carbonyl (C=O) groups is 2. The zero-order valence-corrected chi connectivity index (χ0v) is 15.7. The molecular weight excluding hydrogens is 393 g/mol. The number of carbonyl (C=O) groups excluding carboxylic acids is 2. The Morgan fingerprint density at radius 1 is 1.35 bits per heavy atom. The van der Waals surface area contributed by atoms with E-state index in [9.17, 15) is 22.8 Å². The van der Waals surface area contributed by atoms with Crippen LogP contribution >= 0.6 is 23.4 Å². The average Bonchev–Trinajstić information content (AvgIpc) is 2.72. The Kier molecular flexibility index (Phi) is 6.60. The number of ether oxygens (including phenoxy) is 1. The Morgan fingerprint density at radius 3 is 2.38 bits per heavy atom. The zero-order chi connectivity index (χ0) is 19.5. The molecule has 1 fully saturated rings. The average molecular weight is 411 g/mol. The summed E-state index contributed by atoms with van der Waals surface area (Å²) in [4.78, 5) is 24.1. The van der Waals surface area contributed by atoms with E-state index in [0.717, 1.165) is 11.8 Å². The monoisotopic (exact) mass is 410 g/mol. The number of benzene rings is 1. The van der Waals surface area contributed by atoms with Crippen LogP contribution in [-0.2, 0) is 15.7 Å². The van der Waals surface area contributed by atoms with E-state index < -0.39 is 16.8 Å². The molecule has 0 atom stereocenters. The summed E-state index contributed by atoms with van der Waals surface area (Å²) in [6.07, 6.45) is -3.85. The summed E-state index contributed by atoms with van der Waals surface area (Å²) < 4.78 is 44.6. The Morgan fingerprint density at radius 2 is 1.96 bits per heavy atom. The van der Waals surface area contributed by atoms with Gasteiger partial charge in [0.1, 0.15) is 0 Å². The second-order valence-electron chi connectivity index (χ2n) is 6.14. The lowest BCUT2D eigenvalue weighted by Gasteiger charge is -2.41. The molecule has 1 spiro atoms. The fourth-order valence-corrected chi connectivity index (χ4v) is 4.47.